The van der Waals surface area contributed by atoms with Gasteiger partial charge in [0.15, 0.2) is 33.3 Å². The molecule has 63 heavy (non-hydrogen) atoms. The first-order valence-corrected chi connectivity index (χ1v) is 37.2. The van der Waals surface area contributed by atoms with E-state index < -0.39 is 38.7 Å². The zero-order valence-corrected chi connectivity index (χ0v) is 50.7. The summed E-state index contributed by atoms with van der Waals surface area (Å²) in [7, 11) is -8.42. The third-order valence-corrected chi connectivity index (χ3v) is 35.4. The molecule has 1 aliphatic carbocycles. The summed E-state index contributed by atoms with van der Waals surface area (Å²) in [6.07, 6.45) is 11.9. The van der Waals surface area contributed by atoms with Crippen molar-refractivity contribution >= 4 is 56.5 Å². The number of aryl methyl sites for hydroxylation is 1. The van der Waals surface area contributed by atoms with Crippen molar-refractivity contribution in [1.82, 2.24) is 4.98 Å². The summed E-state index contributed by atoms with van der Waals surface area (Å²) in [6, 6.07) is 0. The van der Waals surface area contributed by atoms with Gasteiger partial charge in [0.25, 0.3) is 0 Å². The second-order valence-corrected chi connectivity index (χ2v) is 46.1. The Morgan fingerprint density at radius 1 is 0.762 bits per heavy atom. The van der Waals surface area contributed by atoms with Crippen LogP contribution in [0.15, 0.2) is 22.6 Å². The van der Waals surface area contributed by atoms with Gasteiger partial charge in [-0.25, -0.2) is 4.98 Å². The summed E-state index contributed by atoms with van der Waals surface area (Å²) in [5.74, 6) is 0.355. The number of carbonyl (C=O) groups excluding carboxylic acids is 1. The maximum Gasteiger partial charge on any atom is 0.192 e. The van der Waals surface area contributed by atoms with Crippen LogP contribution in [-0.4, -0.2) is 69.0 Å². The molecule has 0 unspecified atom stereocenters. The molecule has 0 N–H and O–H groups in total. The first-order valence-electron chi connectivity index (χ1n) is 24.7. The SMILES string of the molecule is CC(=CC[C@H](O[Si](C)(C)C(C)(C)C)C(C)=Cc1csc(C)n1)CCC[C@H](C)[C@H](O[Si](C)(C)C(C)(C)C)[C@@H](C)C(=O)C1([C@H](CCO[Si](C)(C)C(C)(C)C)O[Si](C)(C)C(C)(C)C)CCC1. The Morgan fingerprint density at radius 3 is 1.70 bits per heavy atom. The lowest BCUT2D eigenvalue weighted by atomic mass is 9.59. The van der Waals surface area contributed by atoms with Crippen LogP contribution < -0.4 is 0 Å². The molecule has 0 aromatic carbocycles. The van der Waals surface area contributed by atoms with Crippen LogP contribution in [0, 0.1) is 24.2 Å². The summed E-state index contributed by atoms with van der Waals surface area (Å²) < 4.78 is 28.7. The van der Waals surface area contributed by atoms with Gasteiger partial charge in [-0.1, -0.05) is 115 Å². The fourth-order valence-electron chi connectivity index (χ4n) is 7.64. The number of aromatic nitrogens is 1. The van der Waals surface area contributed by atoms with Gasteiger partial charge >= 0.3 is 0 Å². The van der Waals surface area contributed by atoms with Gasteiger partial charge in [-0.2, -0.15) is 0 Å². The molecule has 6 nitrogen and oxygen atoms in total. The van der Waals surface area contributed by atoms with Crippen LogP contribution in [0.2, 0.25) is 72.5 Å². The summed E-state index contributed by atoms with van der Waals surface area (Å²) in [6.45, 7) is 58.2. The third kappa shape index (κ3) is 15.8. The van der Waals surface area contributed by atoms with Gasteiger partial charge in [0.05, 0.1) is 34.4 Å². The quantitative estimate of drug-likeness (QED) is 0.0804. The molecule has 2 rings (SSSR count). The van der Waals surface area contributed by atoms with Gasteiger partial charge in [0, 0.05) is 17.9 Å². The molecule has 1 fully saturated rings. The van der Waals surface area contributed by atoms with Crippen molar-refractivity contribution in [3.05, 3.63) is 33.3 Å². The molecule has 0 spiro atoms. The van der Waals surface area contributed by atoms with E-state index in [2.05, 4.69) is 188 Å². The fraction of sp³-hybridized carbons (Fsp3) is 0.846. The van der Waals surface area contributed by atoms with Crippen LogP contribution in [0.3, 0.4) is 0 Å². The molecule has 1 aliphatic rings. The monoisotopic (exact) mass is 964 g/mol. The third-order valence-electron chi connectivity index (χ3n) is 16.6. The van der Waals surface area contributed by atoms with E-state index in [0.29, 0.717) is 12.4 Å². The van der Waals surface area contributed by atoms with Crippen LogP contribution in [-0.2, 0) is 22.5 Å². The number of hydrogen-bond donors (Lipinski definition) is 0. The number of hydrogen-bond acceptors (Lipinski definition) is 7. The molecule has 0 saturated heterocycles. The number of allylic oxidation sites excluding steroid dienone is 1. The zero-order valence-electron chi connectivity index (χ0n) is 45.9. The summed E-state index contributed by atoms with van der Waals surface area (Å²) >= 11 is 1.69. The van der Waals surface area contributed by atoms with Crippen LogP contribution in [0.4, 0.5) is 0 Å². The predicted octanol–water partition coefficient (Wildman–Crippen LogP) is 17.0. The summed E-state index contributed by atoms with van der Waals surface area (Å²) in [4.78, 5) is 20.2. The van der Waals surface area contributed by atoms with Crippen molar-refractivity contribution < 1.29 is 22.5 Å². The van der Waals surface area contributed by atoms with Crippen LogP contribution >= 0.6 is 11.3 Å². The van der Waals surface area contributed by atoms with Gasteiger partial charge in [-0.05, 0) is 156 Å². The standard InChI is InChI=1S/C52H101NO5SSi4/c1-38(30-31-44(56-61(20,21)49(9,10)11)40(3)36-43-37-59-42(5)53-43)28-26-29-39(2)46(58-63(24,25)51(15,16)17)41(4)47(54)52(33-27-34-52)45(57-62(22,23)50(12,13)14)32-35-55-60(18,19)48(6,7)8/h30,36-37,39,41,44-46H,26-29,31-35H2,1-25H3/t39-,41+,44-,45-,46-/m0/s1. The largest absolute Gasteiger partial charge is 0.417 e. The molecule has 1 heterocycles. The number of thiazole rings is 1. The molecule has 0 radical (unpaired) electrons. The van der Waals surface area contributed by atoms with E-state index in [1.807, 2.05) is 0 Å². The van der Waals surface area contributed by atoms with Crippen molar-refractivity contribution in [2.24, 2.45) is 17.3 Å². The number of rotatable bonds is 23. The fourth-order valence-corrected chi connectivity index (χ4v) is 13.5. The minimum absolute atomic E-state index is 0.0119. The highest BCUT2D eigenvalue weighted by molar-refractivity contribution is 7.09. The number of nitrogens with zero attached hydrogens (tertiary/aromatic N) is 1. The molecule has 11 heteroatoms. The van der Waals surface area contributed by atoms with Gasteiger partial charge in [0.2, 0.25) is 0 Å². The van der Waals surface area contributed by atoms with Crippen LogP contribution in [0.5, 0.6) is 0 Å². The average molecular weight is 965 g/mol. The Morgan fingerprint density at radius 2 is 1.25 bits per heavy atom. The minimum Gasteiger partial charge on any atom is -0.417 e. The molecular weight excluding hydrogens is 863 g/mol. The molecule has 1 aromatic rings. The molecule has 366 valence electrons. The van der Waals surface area contributed by atoms with E-state index in [1.54, 1.807) is 11.3 Å². The van der Waals surface area contributed by atoms with Crippen molar-refractivity contribution in [3.8, 4) is 0 Å². The van der Waals surface area contributed by atoms with E-state index in [9.17, 15) is 0 Å². The second-order valence-electron chi connectivity index (χ2n) is 26.0. The number of ketones is 1. The Hall–Kier alpha value is -0.512. The van der Waals surface area contributed by atoms with Crippen LogP contribution in [0.1, 0.15) is 173 Å². The predicted molar refractivity (Wildman–Crippen MR) is 286 cm³/mol. The maximum absolute atomic E-state index is 15.5. The van der Waals surface area contributed by atoms with Gasteiger partial charge in [-0.3, -0.25) is 4.79 Å². The highest BCUT2D eigenvalue weighted by Crippen LogP contribution is 2.53. The lowest BCUT2D eigenvalue weighted by Crippen LogP contribution is -2.58. The molecular formula is C52H101NO5SSi4. The Kier molecular flexibility index (Phi) is 20.3. The Bertz CT molecular complexity index is 1680. The lowest BCUT2D eigenvalue weighted by molar-refractivity contribution is -0.152. The molecule has 0 amide bonds. The van der Waals surface area contributed by atoms with Crippen molar-refractivity contribution in [2.45, 2.75) is 260 Å². The van der Waals surface area contributed by atoms with Gasteiger partial charge in [0.1, 0.15) is 5.78 Å². The minimum atomic E-state index is -2.22. The van der Waals surface area contributed by atoms with E-state index in [1.165, 1.54) is 11.1 Å². The van der Waals surface area contributed by atoms with Crippen molar-refractivity contribution in [1.29, 1.82) is 0 Å². The maximum atomic E-state index is 15.5. The van der Waals surface area contributed by atoms with E-state index >= 15 is 4.79 Å². The van der Waals surface area contributed by atoms with E-state index in [-0.39, 0.29) is 50.3 Å². The highest BCUT2D eigenvalue weighted by atomic mass is 32.1. The Balaban J connectivity index is 2.43. The van der Waals surface area contributed by atoms with E-state index in [4.69, 9.17) is 22.7 Å². The smallest absolute Gasteiger partial charge is 0.192 e. The topological polar surface area (TPSA) is 66.9 Å². The molecule has 5 atom stereocenters. The first kappa shape index (κ1) is 58.6. The first-order chi connectivity index (χ1) is 28.2. The highest BCUT2D eigenvalue weighted by Gasteiger charge is 2.56. The molecule has 1 saturated carbocycles. The molecule has 0 bridgehead atoms. The number of carbonyl (C=O) groups is 1. The summed E-state index contributed by atoms with van der Waals surface area (Å²) in [5.41, 5.74) is 3.14. The second kappa shape index (κ2) is 21.8. The molecule has 1 aromatic heterocycles. The zero-order chi connectivity index (χ0) is 49.0. The molecule has 0 aliphatic heterocycles. The van der Waals surface area contributed by atoms with Crippen LogP contribution in [0.25, 0.3) is 6.08 Å². The van der Waals surface area contributed by atoms with Gasteiger partial charge in [-0.15, -0.1) is 11.3 Å². The van der Waals surface area contributed by atoms with E-state index in [0.717, 1.165) is 62.1 Å². The summed E-state index contributed by atoms with van der Waals surface area (Å²) in [5, 5.41) is 3.54. The Labute approximate surface area is 398 Å². The average Bonchev–Trinajstić information content (AvgIpc) is 3.49. The lowest BCUT2D eigenvalue weighted by Gasteiger charge is -2.52. The number of Topliss-reactive ketones (excluding diaryl/α,β-unsaturated/α-hetero) is 1. The normalized spacial score (nSPS) is 19.1. The van der Waals surface area contributed by atoms with Crippen molar-refractivity contribution in [3.63, 3.8) is 0 Å². The van der Waals surface area contributed by atoms with Gasteiger partial charge < -0.3 is 17.7 Å². The van der Waals surface area contributed by atoms with Crippen molar-refractivity contribution in [2.75, 3.05) is 6.61 Å².